The molecule has 0 aliphatic rings. The molecule has 0 amide bonds. The van der Waals surface area contributed by atoms with Crippen molar-refractivity contribution in [2.24, 2.45) is 0 Å². The average Bonchev–Trinajstić information content (AvgIpc) is 2.37. The maximum atomic E-state index is 12.0. The van der Waals surface area contributed by atoms with Crippen LogP contribution in [0, 0.1) is 17.0 Å². The summed E-state index contributed by atoms with van der Waals surface area (Å²) in [5.74, 6) is 0. The third kappa shape index (κ3) is 4.14. The van der Waals surface area contributed by atoms with E-state index in [2.05, 4.69) is 28.2 Å². The molecule has 0 fully saturated rings. The third-order valence-electron chi connectivity index (χ3n) is 2.82. The Balaban J connectivity index is 2.84. The Morgan fingerprint density at radius 2 is 2.16 bits per heavy atom. The van der Waals surface area contributed by atoms with Crippen LogP contribution in [0.1, 0.15) is 25.3 Å². The van der Waals surface area contributed by atoms with Crippen LogP contribution >= 0.6 is 15.9 Å². The monoisotopic (exact) mass is 331 g/mol. The minimum Gasteiger partial charge on any atom is -0.317 e. The first kappa shape index (κ1) is 15.8. The van der Waals surface area contributed by atoms with Crippen molar-refractivity contribution in [1.29, 1.82) is 0 Å². The van der Waals surface area contributed by atoms with Crippen molar-refractivity contribution >= 4 is 21.6 Å². The number of nitrogens with zero attached hydrogens (tertiary/aromatic N) is 2. The largest absolute Gasteiger partial charge is 0.317 e. The molecule has 1 N–H and O–H groups in total. The number of nitro groups is 1. The van der Waals surface area contributed by atoms with Gasteiger partial charge in [-0.15, -0.1) is 0 Å². The van der Waals surface area contributed by atoms with Gasteiger partial charge in [0.2, 0.25) is 0 Å². The Labute approximate surface area is 120 Å². The van der Waals surface area contributed by atoms with E-state index in [0.717, 1.165) is 25.9 Å². The van der Waals surface area contributed by atoms with Gasteiger partial charge >= 0.3 is 0 Å². The lowest BCUT2D eigenvalue weighted by Crippen LogP contribution is -2.24. The van der Waals surface area contributed by atoms with Crippen molar-refractivity contribution in [2.45, 2.75) is 33.2 Å². The van der Waals surface area contributed by atoms with Crippen LogP contribution in [0.3, 0.4) is 0 Å². The van der Waals surface area contributed by atoms with Crippen molar-refractivity contribution < 1.29 is 4.92 Å². The molecule has 0 saturated carbocycles. The lowest BCUT2D eigenvalue weighted by Gasteiger charge is -2.09. The van der Waals surface area contributed by atoms with Crippen LogP contribution in [0.5, 0.6) is 0 Å². The van der Waals surface area contributed by atoms with Crippen molar-refractivity contribution in [2.75, 3.05) is 13.1 Å². The fourth-order valence-electron chi connectivity index (χ4n) is 1.73. The first-order valence-electron chi connectivity index (χ1n) is 6.23. The first-order chi connectivity index (χ1) is 8.99. The number of pyridine rings is 1. The number of aromatic nitrogens is 1. The zero-order chi connectivity index (χ0) is 14.4. The number of aryl methyl sites for hydroxylation is 1. The molecule has 106 valence electrons. The molecule has 0 unspecified atom stereocenters. The molecular weight excluding hydrogens is 314 g/mol. The van der Waals surface area contributed by atoms with Gasteiger partial charge in [0.05, 0.1) is 15.6 Å². The van der Waals surface area contributed by atoms with E-state index in [1.807, 2.05) is 0 Å². The maximum absolute atomic E-state index is 12.0. The number of nitrogens with one attached hydrogen (secondary N) is 1. The van der Waals surface area contributed by atoms with Gasteiger partial charge in [-0.1, -0.05) is 6.92 Å². The second-order valence-electron chi connectivity index (χ2n) is 4.31. The molecule has 1 rings (SSSR count). The van der Waals surface area contributed by atoms with Gasteiger partial charge in [-0.05, 0) is 48.8 Å². The molecule has 0 aromatic carbocycles. The second kappa shape index (κ2) is 7.40. The predicted molar refractivity (Wildman–Crippen MR) is 77.6 cm³/mol. The number of hydrogen-bond donors (Lipinski definition) is 1. The Hall–Kier alpha value is -1.21. The second-order valence-corrected chi connectivity index (χ2v) is 5.11. The summed E-state index contributed by atoms with van der Waals surface area (Å²) in [4.78, 5) is 22.4. The molecule has 0 atom stereocenters. The molecule has 0 aliphatic carbocycles. The highest BCUT2D eigenvalue weighted by Gasteiger charge is 2.18. The van der Waals surface area contributed by atoms with E-state index in [1.165, 1.54) is 10.8 Å². The van der Waals surface area contributed by atoms with Crippen LogP contribution in [0.15, 0.2) is 15.5 Å². The highest BCUT2D eigenvalue weighted by atomic mass is 79.9. The van der Waals surface area contributed by atoms with Gasteiger partial charge in [0.15, 0.2) is 0 Å². The van der Waals surface area contributed by atoms with Crippen LogP contribution < -0.4 is 10.9 Å². The van der Waals surface area contributed by atoms with Crippen molar-refractivity contribution in [3.05, 3.63) is 36.7 Å². The molecule has 0 aliphatic heterocycles. The van der Waals surface area contributed by atoms with Crippen molar-refractivity contribution in [1.82, 2.24) is 9.88 Å². The summed E-state index contributed by atoms with van der Waals surface area (Å²) >= 11 is 3.13. The summed E-state index contributed by atoms with van der Waals surface area (Å²) in [6.07, 6.45) is 3.14. The highest BCUT2D eigenvalue weighted by Crippen LogP contribution is 2.22. The zero-order valence-electron chi connectivity index (χ0n) is 11.1. The van der Waals surface area contributed by atoms with E-state index in [-0.39, 0.29) is 15.7 Å². The van der Waals surface area contributed by atoms with E-state index in [1.54, 1.807) is 6.92 Å². The van der Waals surface area contributed by atoms with Crippen LogP contribution in [0.2, 0.25) is 0 Å². The lowest BCUT2D eigenvalue weighted by molar-refractivity contribution is -0.386. The average molecular weight is 332 g/mol. The molecule has 0 bridgehead atoms. The molecule has 0 saturated heterocycles. The molecule has 0 radical (unpaired) electrons. The van der Waals surface area contributed by atoms with E-state index < -0.39 is 4.92 Å². The van der Waals surface area contributed by atoms with Gasteiger partial charge in [-0.25, -0.2) is 0 Å². The van der Waals surface area contributed by atoms with Gasteiger partial charge < -0.3 is 9.88 Å². The Morgan fingerprint density at radius 1 is 1.47 bits per heavy atom. The molecule has 6 nitrogen and oxygen atoms in total. The van der Waals surface area contributed by atoms with Crippen molar-refractivity contribution in [3.8, 4) is 0 Å². The van der Waals surface area contributed by atoms with Crippen LogP contribution in [0.4, 0.5) is 5.69 Å². The Bertz CT molecular complexity index is 514. The Kier molecular flexibility index (Phi) is 6.17. The quantitative estimate of drug-likeness (QED) is 0.472. The fraction of sp³-hybridized carbons (Fsp3) is 0.583. The Morgan fingerprint density at radius 3 is 2.74 bits per heavy atom. The summed E-state index contributed by atoms with van der Waals surface area (Å²) in [7, 11) is 0. The first-order valence-corrected chi connectivity index (χ1v) is 7.03. The molecular formula is C12H18BrN3O3. The van der Waals surface area contributed by atoms with Crippen LogP contribution in [-0.2, 0) is 6.54 Å². The van der Waals surface area contributed by atoms with E-state index in [4.69, 9.17) is 0 Å². The van der Waals surface area contributed by atoms with Gasteiger partial charge in [0.25, 0.3) is 11.2 Å². The molecule has 19 heavy (non-hydrogen) atoms. The summed E-state index contributed by atoms with van der Waals surface area (Å²) in [5.41, 5.74) is 0.113. The van der Waals surface area contributed by atoms with Crippen LogP contribution in [-0.4, -0.2) is 22.6 Å². The lowest BCUT2D eigenvalue weighted by atomic mass is 10.2. The van der Waals surface area contributed by atoms with Gasteiger partial charge in [-0.3, -0.25) is 14.9 Å². The van der Waals surface area contributed by atoms with E-state index >= 15 is 0 Å². The molecule has 1 aromatic heterocycles. The van der Waals surface area contributed by atoms with Gasteiger partial charge in [-0.2, -0.15) is 0 Å². The number of rotatable bonds is 7. The number of hydrogen-bond acceptors (Lipinski definition) is 4. The fourth-order valence-corrected chi connectivity index (χ4v) is 2.16. The smallest absolute Gasteiger partial charge is 0.289 e. The maximum Gasteiger partial charge on any atom is 0.289 e. The number of halogens is 1. The van der Waals surface area contributed by atoms with Crippen molar-refractivity contribution in [3.63, 3.8) is 0 Å². The summed E-state index contributed by atoms with van der Waals surface area (Å²) in [6, 6.07) is 0. The molecule has 1 heterocycles. The minimum atomic E-state index is -0.467. The van der Waals surface area contributed by atoms with E-state index in [0.29, 0.717) is 12.1 Å². The molecule has 7 heteroatoms. The zero-order valence-corrected chi connectivity index (χ0v) is 12.7. The van der Waals surface area contributed by atoms with Gasteiger partial charge in [0, 0.05) is 12.1 Å². The van der Waals surface area contributed by atoms with E-state index in [9.17, 15) is 14.9 Å². The van der Waals surface area contributed by atoms with Crippen LogP contribution in [0.25, 0.3) is 0 Å². The molecule has 1 aromatic rings. The highest BCUT2D eigenvalue weighted by molar-refractivity contribution is 9.10. The summed E-state index contributed by atoms with van der Waals surface area (Å²) in [5, 5.41) is 14.1. The SMILES string of the molecule is CCCNCCCn1cc([N+](=O)[O-])c(C)c(Br)c1=O. The normalized spacial score (nSPS) is 10.7. The summed E-state index contributed by atoms with van der Waals surface area (Å²) in [6.45, 7) is 5.84. The van der Waals surface area contributed by atoms with Gasteiger partial charge in [0.1, 0.15) is 0 Å². The topological polar surface area (TPSA) is 77.2 Å². The molecule has 0 spiro atoms. The third-order valence-corrected chi connectivity index (χ3v) is 3.75. The standard InChI is InChI=1S/C12H18BrN3O3/c1-3-5-14-6-4-7-15-8-10(16(18)19)9(2)11(13)12(15)17/h8,14H,3-7H2,1-2H3. The predicted octanol–water partition coefficient (Wildman–Crippen LogP) is 2.22. The minimum absolute atomic E-state index is 0.0343. The summed E-state index contributed by atoms with van der Waals surface area (Å²) < 4.78 is 1.66.